The van der Waals surface area contributed by atoms with Crippen LogP contribution < -0.4 is 10.2 Å². The molecule has 0 aromatic heterocycles. The van der Waals surface area contributed by atoms with Crippen molar-refractivity contribution in [3.63, 3.8) is 0 Å². The third-order valence-electron chi connectivity index (χ3n) is 2.76. The topological polar surface area (TPSA) is 49.4 Å². The Morgan fingerprint density at radius 3 is 2.88 bits per heavy atom. The van der Waals surface area contributed by atoms with Gasteiger partial charge in [-0.05, 0) is 30.2 Å². The summed E-state index contributed by atoms with van der Waals surface area (Å²) in [5.41, 5.74) is 2.73. The highest BCUT2D eigenvalue weighted by atomic mass is 35.5. The molecule has 1 heterocycles. The lowest BCUT2D eigenvalue weighted by Gasteiger charge is -2.14. The third-order valence-corrected chi connectivity index (χ3v) is 3.00. The molecule has 1 N–H and O–H groups in total. The number of nitrogens with zero attached hydrogens (tertiary/aromatic N) is 1. The number of nitrogens with one attached hydrogen (secondary N) is 1. The minimum atomic E-state index is -0.229. The molecule has 0 spiro atoms. The fraction of sp³-hybridized carbons (Fsp3) is 0.333. The van der Waals surface area contributed by atoms with Crippen molar-refractivity contribution in [2.24, 2.45) is 0 Å². The van der Waals surface area contributed by atoms with Crippen LogP contribution in [0.2, 0.25) is 0 Å². The summed E-state index contributed by atoms with van der Waals surface area (Å²) in [6.45, 7) is 2.26. The summed E-state index contributed by atoms with van der Waals surface area (Å²) in [4.78, 5) is 24.2. The molecule has 0 saturated carbocycles. The van der Waals surface area contributed by atoms with Gasteiger partial charge in [0, 0.05) is 24.8 Å². The number of rotatable bonds is 2. The Bertz CT molecular complexity index is 474. The van der Waals surface area contributed by atoms with Crippen molar-refractivity contribution in [2.45, 2.75) is 13.3 Å². The molecule has 1 aliphatic rings. The number of carbonyl (C=O) groups excluding carboxylic acids is 2. The van der Waals surface area contributed by atoms with Crippen LogP contribution in [0.4, 0.5) is 11.4 Å². The van der Waals surface area contributed by atoms with E-state index in [4.69, 9.17) is 11.6 Å². The average Bonchev–Trinajstić information content (AvgIpc) is 2.71. The van der Waals surface area contributed by atoms with Crippen LogP contribution in [0.25, 0.3) is 0 Å². The second-order valence-electron chi connectivity index (χ2n) is 3.95. The fourth-order valence-corrected chi connectivity index (χ4v) is 2.07. The molecule has 17 heavy (non-hydrogen) atoms. The second-order valence-corrected chi connectivity index (χ2v) is 4.21. The van der Waals surface area contributed by atoms with Gasteiger partial charge >= 0.3 is 0 Å². The van der Waals surface area contributed by atoms with E-state index in [1.54, 1.807) is 17.9 Å². The predicted molar refractivity (Wildman–Crippen MR) is 67.5 cm³/mol. The van der Waals surface area contributed by atoms with Gasteiger partial charge in [-0.15, -0.1) is 11.6 Å². The second kappa shape index (κ2) is 4.75. The molecule has 1 aromatic carbocycles. The Hall–Kier alpha value is -1.55. The van der Waals surface area contributed by atoms with Crippen LogP contribution >= 0.6 is 11.6 Å². The molecule has 90 valence electrons. The summed E-state index contributed by atoms with van der Waals surface area (Å²) in [7, 11) is 0. The van der Waals surface area contributed by atoms with E-state index in [0.717, 1.165) is 23.4 Å². The summed E-state index contributed by atoms with van der Waals surface area (Å²) in [6.07, 6.45) is 0.819. The van der Waals surface area contributed by atoms with Crippen LogP contribution in [0.3, 0.4) is 0 Å². The van der Waals surface area contributed by atoms with E-state index >= 15 is 0 Å². The molecule has 1 aromatic rings. The van der Waals surface area contributed by atoms with Crippen LogP contribution in [0.5, 0.6) is 0 Å². The van der Waals surface area contributed by atoms with Crippen molar-refractivity contribution >= 4 is 34.8 Å². The molecule has 0 bridgehead atoms. The van der Waals surface area contributed by atoms with Crippen LogP contribution in [0.1, 0.15) is 12.5 Å². The zero-order chi connectivity index (χ0) is 12.4. The third kappa shape index (κ3) is 2.42. The molecule has 2 rings (SSSR count). The van der Waals surface area contributed by atoms with Gasteiger partial charge in [-0.1, -0.05) is 0 Å². The van der Waals surface area contributed by atoms with E-state index < -0.39 is 0 Å². The van der Waals surface area contributed by atoms with Crippen LogP contribution in [0.15, 0.2) is 18.2 Å². The first kappa shape index (κ1) is 11.9. The molecule has 0 saturated heterocycles. The highest BCUT2D eigenvalue weighted by molar-refractivity contribution is 6.29. The maximum atomic E-state index is 11.4. The van der Waals surface area contributed by atoms with E-state index in [1.807, 2.05) is 12.1 Å². The first-order chi connectivity index (χ1) is 8.11. The van der Waals surface area contributed by atoms with Crippen molar-refractivity contribution in [3.8, 4) is 0 Å². The molecule has 2 amide bonds. The Morgan fingerprint density at radius 1 is 1.47 bits per heavy atom. The summed E-state index contributed by atoms with van der Waals surface area (Å²) >= 11 is 5.42. The number of fused-ring (bicyclic) bond motifs is 1. The van der Waals surface area contributed by atoms with Crippen molar-refractivity contribution < 1.29 is 9.59 Å². The molecular weight excluding hydrogens is 240 g/mol. The number of amides is 2. The van der Waals surface area contributed by atoms with Gasteiger partial charge in [-0.2, -0.15) is 0 Å². The SMILES string of the molecule is CC(=O)N1CCc2cc(NC(=O)CCl)ccc21. The van der Waals surface area contributed by atoms with E-state index in [2.05, 4.69) is 5.32 Å². The summed E-state index contributed by atoms with van der Waals surface area (Å²) in [5.74, 6) is -0.245. The molecule has 5 heteroatoms. The van der Waals surface area contributed by atoms with Crippen molar-refractivity contribution in [1.82, 2.24) is 0 Å². The molecular formula is C12H13ClN2O2. The highest BCUT2D eigenvalue weighted by Gasteiger charge is 2.22. The first-order valence-corrected chi connectivity index (χ1v) is 5.92. The smallest absolute Gasteiger partial charge is 0.239 e. The summed E-state index contributed by atoms with van der Waals surface area (Å²) < 4.78 is 0. The van der Waals surface area contributed by atoms with Crippen molar-refractivity contribution in [1.29, 1.82) is 0 Å². The standard InChI is InChI=1S/C12H13ClN2O2/c1-8(16)15-5-4-9-6-10(2-3-11(9)15)14-12(17)7-13/h2-3,6H,4-5,7H2,1H3,(H,14,17). The van der Waals surface area contributed by atoms with Gasteiger partial charge in [0.25, 0.3) is 0 Å². The Morgan fingerprint density at radius 2 is 2.24 bits per heavy atom. The zero-order valence-corrected chi connectivity index (χ0v) is 10.3. The van der Waals surface area contributed by atoms with Gasteiger partial charge < -0.3 is 10.2 Å². The number of hydrogen-bond donors (Lipinski definition) is 1. The molecule has 0 atom stereocenters. The molecule has 1 aliphatic heterocycles. The fourth-order valence-electron chi connectivity index (χ4n) is 2.00. The molecule has 0 fully saturated rings. The lowest BCUT2D eigenvalue weighted by molar-refractivity contribution is -0.116. The number of alkyl halides is 1. The van der Waals surface area contributed by atoms with Crippen LogP contribution in [-0.2, 0) is 16.0 Å². The van der Waals surface area contributed by atoms with Crippen molar-refractivity contribution in [2.75, 3.05) is 22.6 Å². The van der Waals surface area contributed by atoms with Gasteiger partial charge in [0.2, 0.25) is 11.8 Å². The summed E-state index contributed by atoms with van der Waals surface area (Å²) in [6, 6.07) is 5.53. The van der Waals surface area contributed by atoms with E-state index in [9.17, 15) is 9.59 Å². The quantitative estimate of drug-likeness (QED) is 0.816. The zero-order valence-electron chi connectivity index (χ0n) is 9.50. The molecule has 0 radical (unpaired) electrons. The number of hydrogen-bond acceptors (Lipinski definition) is 2. The maximum Gasteiger partial charge on any atom is 0.239 e. The van der Waals surface area contributed by atoms with Gasteiger partial charge in [-0.3, -0.25) is 9.59 Å². The van der Waals surface area contributed by atoms with Crippen LogP contribution in [0, 0.1) is 0 Å². The number of halogens is 1. The van der Waals surface area contributed by atoms with Crippen LogP contribution in [-0.4, -0.2) is 24.2 Å². The Kier molecular flexibility index (Phi) is 3.33. The predicted octanol–water partition coefficient (Wildman–Crippen LogP) is 1.77. The van der Waals surface area contributed by atoms with E-state index in [0.29, 0.717) is 6.54 Å². The molecule has 0 aliphatic carbocycles. The van der Waals surface area contributed by atoms with Gasteiger partial charge in [0.05, 0.1) is 0 Å². The average molecular weight is 253 g/mol. The minimum Gasteiger partial charge on any atom is -0.325 e. The Balaban J connectivity index is 2.22. The lowest BCUT2D eigenvalue weighted by atomic mass is 10.1. The lowest BCUT2D eigenvalue weighted by Crippen LogP contribution is -2.25. The number of anilines is 2. The van der Waals surface area contributed by atoms with Gasteiger partial charge in [0.15, 0.2) is 0 Å². The van der Waals surface area contributed by atoms with Gasteiger partial charge in [0.1, 0.15) is 5.88 Å². The first-order valence-electron chi connectivity index (χ1n) is 5.38. The highest BCUT2D eigenvalue weighted by Crippen LogP contribution is 2.30. The van der Waals surface area contributed by atoms with Gasteiger partial charge in [-0.25, -0.2) is 0 Å². The number of carbonyl (C=O) groups is 2. The molecule has 4 nitrogen and oxygen atoms in total. The minimum absolute atomic E-state index is 0.0429. The monoisotopic (exact) mass is 252 g/mol. The largest absolute Gasteiger partial charge is 0.325 e. The maximum absolute atomic E-state index is 11.4. The summed E-state index contributed by atoms with van der Waals surface area (Å²) in [5, 5.41) is 2.69. The normalized spacial score (nSPS) is 13.4. The molecule has 0 unspecified atom stereocenters. The Labute approximate surface area is 105 Å². The van der Waals surface area contributed by atoms with Crippen molar-refractivity contribution in [3.05, 3.63) is 23.8 Å². The number of benzene rings is 1. The van der Waals surface area contributed by atoms with E-state index in [-0.39, 0.29) is 17.7 Å². The van der Waals surface area contributed by atoms with E-state index in [1.165, 1.54) is 0 Å².